The molecular formula is C15H24N2O2S. The van der Waals surface area contributed by atoms with Crippen molar-refractivity contribution in [1.29, 1.82) is 0 Å². The van der Waals surface area contributed by atoms with Crippen LogP contribution in [0.25, 0.3) is 0 Å². The van der Waals surface area contributed by atoms with E-state index in [9.17, 15) is 8.42 Å². The Balaban J connectivity index is 1.68. The van der Waals surface area contributed by atoms with E-state index in [0.717, 1.165) is 24.9 Å². The summed E-state index contributed by atoms with van der Waals surface area (Å²) in [6.07, 6.45) is 5.09. The highest BCUT2D eigenvalue weighted by Gasteiger charge is 2.14. The molecule has 1 heterocycles. The van der Waals surface area contributed by atoms with Crippen LogP contribution in [0.15, 0.2) is 30.3 Å². The zero-order valence-electron chi connectivity index (χ0n) is 11.8. The first kappa shape index (κ1) is 15.5. The molecule has 1 aromatic carbocycles. The van der Waals surface area contributed by atoms with Crippen molar-refractivity contribution in [3.05, 3.63) is 35.9 Å². The highest BCUT2D eigenvalue weighted by atomic mass is 32.2. The van der Waals surface area contributed by atoms with E-state index < -0.39 is 10.0 Å². The van der Waals surface area contributed by atoms with Gasteiger partial charge in [-0.1, -0.05) is 36.8 Å². The van der Waals surface area contributed by atoms with Crippen LogP contribution in [-0.2, 0) is 16.4 Å². The number of sulfonamides is 1. The predicted octanol–water partition coefficient (Wildman–Crippen LogP) is 1.68. The van der Waals surface area contributed by atoms with Crippen molar-refractivity contribution in [2.75, 3.05) is 18.8 Å². The van der Waals surface area contributed by atoms with Crippen molar-refractivity contribution in [2.24, 2.45) is 0 Å². The first-order valence-electron chi connectivity index (χ1n) is 7.40. The van der Waals surface area contributed by atoms with Gasteiger partial charge in [-0.25, -0.2) is 13.1 Å². The van der Waals surface area contributed by atoms with Crippen LogP contribution >= 0.6 is 0 Å². The summed E-state index contributed by atoms with van der Waals surface area (Å²) in [4.78, 5) is 0. The molecule has 0 saturated carbocycles. The number of aryl methyl sites for hydroxylation is 1. The van der Waals surface area contributed by atoms with Crippen LogP contribution in [0.4, 0.5) is 0 Å². The molecule has 2 rings (SSSR count). The maximum Gasteiger partial charge on any atom is 0.211 e. The van der Waals surface area contributed by atoms with Crippen molar-refractivity contribution in [2.45, 2.75) is 38.1 Å². The molecule has 0 aliphatic carbocycles. The van der Waals surface area contributed by atoms with Gasteiger partial charge < -0.3 is 5.32 Å². The maximum atomic E-state index is 11.9. The van der Waals surface area contributed by atoms with Crippen LogP contribution in [0.3, 0.4) is 0 Å². The van der Waals surface area contributed by atoms with Gasteiger partial charge in [0.15, 0.2) is 0 Å². The number of nitrogens with one attached hydrogen (secondary N) is 2. The van der Waals surface area contributed by atoms with E-state index in [2.05, 4.69) is 10.0 Å². The van der Waals surface area contributed by atoms with E-state index in [4.69, 9.17) is 0 Å². The second-order valence-corrected chi connectivity index (χ2v) is 7.31. The minimum Gasteiger partial charge on any atom is -0.314 e. The highest BCUT2D eigenvalue weighted by molar-refractivity contribution is 7.89. The van der Waals surface area contributed by atoms with Gasteiger partial charge in [0, 0.05) is 12.6 Å². The van der Waals surface area contributed by atoms with Gasteiger partial charge in [0.2, 0.25) is 10.0 Å². The second-order valence-electron chi connectivity index (χ2n) is 5.38. The van der Waals surface area contributed by atoms with Gasteiger partial charge in [-0.15, -0.1) is 0 Å². The van der Waals surface area contributed by atoms with Crippen molar-refractivity contribution in [3.63, 3.8) is 0 Å². The zero-order valence-corrected chi connectivity index (χ0v) is 12.7. The van der Waals surface area contributed by atoms with Crippen molar-refractivity contribution in [3.8, 4) is 0 Å². The zero-order chi connectivity index (χ0) is 14.3. The summed E-state index contributed by atoms with van der Waals surface area (Å²) >= 11 is 0. The fourth-order valence-electron chi connectivity index (χ4n) is 2.53. The van der Waals surface area contributed by atoms with Crippen LogP contribution in [0, 0.1) is 0 Å². The van der Waals surface area contributed by atoms with Gasteiger partial charge in [0.1, 0.15) is 0 Å². The topological polar surface area (TPSA) is 58.2 Å². The molecule has 1 atom stereocenters. The monoisotopic (exact) mass is 296 g/mol. The van der Waals surface area contributed by atoms with E-state index in [1.165, 1.54) is 12.8 Å². The highest BCUT2D eigenvalue weighted by Crippen LogP contribution is 2.09. The molecule has 1 unspecified atom stereocenters. The molecule has 112 valence electrons. The third-order valence-electron chi connectivity index (χ3n) is 3.73. The average molecular weight is 296 g/mol. The molecule has 1 saturated heterocycles. The minimum absolute atomic E-state index is 0.162. The Bertz CT molecular complexity index is 482. The number of hydrogen-bond acceptors (Lipinski definition) is 3. The Hall–Kier alpha value is -0.910. The molecule has 1 aliphatic heterocycles. The van der Waals surface area contributed by atoms with Gasteiger partial charge in [-0.2, -0.15) is 0 Å². The molecule has 0 aromatic heterocycles. The SMILES string of the molecule is O=S(=O)(CCc1ccccc1)NCCC1CCCCN1. The molecule has 2 N–H and O–H groups in total. The smallest absolute Gasteiger partial charge is 0.211 e. The standard InChI is InChI=1S/C15H24N2O2S/c18-20(19,13-10-14-6-2-1-3-7-14)17-12-9-15-8-4-5-11-16-15/h1-3,6-7,15-17H,4-5,8-13H2. The quantitative estimate of drug-likeness (QED) is 0.805. The summed E-state index contributed by atoms with van der Waals surface area (Å²) in [5.41, 5.74) is 1.06. The Morgan fingerprint density at radius 1 is 1.20 bits per heavy atom. The lowest BCUT2D eigenvalue weighted by Gasteiger charge is -2.23. The second kappa shape index (κ2) is 7.76. The summed E-state index contributed by atoms with van der Waals surface area (Å²) < 4.78 is 26.5. The lowest BCUT2D eigenvalue weighted by atomic mass is 10.0. The number of hydrogen-bond donors (Lipinski definition) is 2. The molecule has 1 fully saturated rings. The van der Waals surface area contributed by atoms with E-state index in [-0.39, 0.29) is 5.75 Å². The van der Waals surface area contributed by atoms with Crippen LogP contribution in [0.1, 0.15) is 31.2 Å². The lowest BCUT2D eigenvalue weighted by molar-refractivity contribution is 0.382. The molecule has 1 aromatic rings. The summed E-state index contributed by atoms with van der Waals surface area (Å²) in [5.74, 6) is 0.162. The van der Waals surface area contributed by atoms with Crippen molar-refractivity contribution >= 4 is 10.0 Å². The van der Waals surface area contributed by atoms with Crippen LogP contribution in [-0.4, -0.2) is 33.3 Å². The van der Waals surface area contributed by atoms with Gasteiger partial charge in [0.05, 0.1) is 5.75 Å². The molecule has 0 spiro atoms. The molecular weight excluding hydrogens is 272 g/mol. The first-order chi connectivity index (χ1) is 9.66. The Morgan fingerprint density at radius 2 is 2.00 bits per heavy atom. The molecule has 0 bridgehead atoms. The summed E-state index contributed by atoms with van der Waals surface area (Å²) in [6, 6.07) is 10.2. The summed E-state index contributed by atoms with van der Waals surface area (Å²) in [5, 5.41) is 3.43. The predicted molar refractivity (Wildman–Crippen MR) is 82.2 cm³/mol. The number of piperidine rings is 1. The van der Waals surface area contributed by atoms with Gasteiger partial charge >= 0.3 is 0 Å². The molecule has 1 aliphatic rings. The normalized spacial score (nSPS) is 19.9. The van der Waals surface area contributed by atoms with Gasteiger partial charge in [-0.05, 0) is 37.8 Å². The van der Waals surface area contributed by atoms with Crippen molar-refractivity contribution < 1.29 is 8.42 Å². The third kappa shape index (κ3) is 5.61. The fourth-order valence-corrected chi connectivity index (χ4v) is 3.61. The molecule has 0 radical (unpaired) electrons. The van der Waals surface area contributed by atoms with Crippen LogP contribution in [0.5, 0.6) is 0 Å². The van der Waals surface area contributed by atoms with E-state index in [1.807, 2.05) is 30.3 Å². The van der Waals surface area contributed by atoms with Gasteiger partial charge in [0.25, 0.3) is 0 Å². The van der Waals surface area contributed by atoms with Crippen molar-refractivity contribution in [1.82, 2.24) is 10.0 Å². The summed E-state index contributed by atoms with van der Waals surface area (Å²) in [6.45, 7) is 1.60. The fraction of sp³-hybridized carbons (Fsp3) is 0.600. The largest absolute Gasteiger partial charge is 0.314 e. The van der Waals surface area contributed by atoms with Crippen LogP contribution in [0.2, 0.25) is 0 Å². The number of rotatable bonds is 7. The molecule has 20 heavy (non-hydrogen) atoms. The lowest BCUT2D eigenvalue weighted by Crippen LogP contribution is -2.38. The Labute approximate surface area is 122 Å². The number of benzene rings is 1. The first-order valence-corrected chi connectivity index (χ1v) is 9.05. The maximum absolute atomic E-state index is 11.9. The molecule has 4 nitrogen and oxygen atoms in total. The average Bonchev–Trinajstić information content (AvgIpc) is 2.47. The van der Waals surface area contributed by atoms with E-state index in [1.54, 1.807) is 0 Å². The molecule has 0 amide bonds. The van der Waals surface area contributed by atoms with Crippen LogP contribution < -0.4 is 10.0 Å². The van der Waals surface area contributed by atoms with E-state index >= 15 is 0 Å². The van der Waals surface area contributed by atoms with E-state index in [0.29, 0.717) is 19.0 Å². The minimum atomic E-state index is -3.16. The summed E-state index contributed by atoms with van der Waals surface area (Å²) in [7, 11) is -3.16. The Kier molecular flexibility index (Phi) is 6.01. The Morgan fingerprint density at radius 3 is 2.70 bits per heavy atom. The van der Waals surface area contributed by atoms with Gasteiger partial charge in [-0.3, -0.25) is 0 Å². The third-order valence-corrected chi connectivity index (χ3v) is 5.11. The molecule has 5 heteroatoms.